The molecule has 1 heterocycles. The van der Waals surface area contributed by atoms with Crippen molar-refractivity contribution in [3.05, 3.63) is 106 Å². The van der Waals surface area contributed by atoms with Gasteiger partial charge in [0.05, 0.1) is 6.04 Å². The minimum atomic E-state index is 0.249. The molecular weight excluding hydrogens is 394 g/mol. The van der Waals surface area contributed by atoms with E-state index in [2.05, 4.69) is 79.0 Å². The zero-order valence-electron chi connectivity index (χ0n) is 16.4. The second-order valence-corrected chi connectivity index (χ2v) is 9.43. The standard InChI is InChI=1S/C26H24ClNS/c1-17-14-18(16-29-19-8-3-2-4-9-19)15-23-20-11-7-12-21(20)26(28-25(17)23)22-10-5-6-13-24(22)27/h2-11,13-15,20-21,26,28H,12,16H2,1H3/t20-,21+,26+/m1/s1. The van der Waals surface area contributed by atoms with Crippen molar-refractivity contribution in [1.82, 2.24) is 0 Å². The SMILES string of the molecule is Cc1cc(CSc2ccccc2)cc2c1N[C@H](c1ccccc1Cl)[C@H]1CC=C[C@@H]21. The van der Waals surface area contributed by atoms with E-state index in [0.29, 0.717) is 11.8 Å². The van der Waals surface area contributed by atoms with Crippen molar-refractivity contribution in [3.8, 4) is 0 Å². The summed E-state index contributed by atoms with van der Waals surface area (Å²) in [5.41, 5.74) is 6.66. The van der Waals surface area contributed by atoms with Gasteiger partial charge in [0.25, 0.3) is 0 Å². The highest BCUT2D eigenvalue weighted by Gasteiger charge is 2.39. The van der Waals surface area contributed by atoms with Crippen LogP contribution < -0.4 is 5.32 Å². The molecule has 1 nitrogen and oxygen atoms in total. The summed E-state index contributed by atoms with van der Waals surface area (Å²) in [6.07, 6.45) is 5.84. The van der Waals surface area contributed by atoms with Gasteiger partial charge in [-0.3, -0.25) is 0 Å². The van der Waals surface area contributed by atoms with E-state index in [1.807, 2.05) is 23.9 Å². The molecule has 0 aromatic heterocycles. The minimum absolute atomic E-state index is 0.249. The lowest BCUT2D eigenvalue weighted by Gasteiger charge is -2.39. The Morgan fingerprint density at radius 3 is 2.62 bits per heavy atom. The molecule has 0 saturated carbocycles. The molecule has 3 aromatic carbocycles. The fraction of sp³-hybridized carbons (Fsp3) is 0.231. The van der Waals surface area contributed by atoms with Gasteiger partial charge in [-0.2, -0.15) is 0 Å². The Morgan fingerprint density at radius 1 is 1.00 bits per heavy atom. The van der Waals surface area contributed by atoms with Crippen LogP contribution in [0.15, 0.2) is 83.8 Å². The molecule has 0 bridgehead atoms. The van der Waals surface area contributed by atoms with Crippen LogP contribution in [0.1, 0.15) is 40.6 Å². The van der Waals surface area contributed by atoms with Gasteiger partial charge in [-0.25, -0.2) is 0 Å². The van der Waals surface area contributed by atoms with Crippen LogP contribution in [0.3, 0.4) is 0 Å². The Kier molecular flexibility index (Phi) is 5.15. The molecule has 29 heavy (non-hydrogen) atoms. The van der Waals surface area contributed by atoms with Crippen LogP contribution >= 0.6 is 23.4 Å². The summed E-state index contributed by atoms with van der Waals surface area (Å²) in [5.74, 6) is 1.96. The average Bonchev–Trinajstić information content (AvgIpc) is 3.24. The molecule has 5 rings (SSSR count). The molecule has 1 aliphatic heterocycles. The van der Waals surface area contributed by atoms with Crippen molar-refractivity contribution in [2.24, 2.45) is 5.92 Å². The molecule has 0 saturated heterocycles. The second-order valence-electron chi connectivity index (χ2n) is 7.98. The van der Waals surface area contributed by atoms with Crippen LogP contribution in [-0.2, 0) is 5.75 Å². The number of nitrogens with one attached hydrogen (secondary N) is 1. The van der Waals surface area contributed by atoms with Crippen LogP contribution in [0.2, 0.25) is 5.02 Å². The highest BCUT2D eigenvalue weighted by Crippen LogP contribution is 2.51. The van der Waals surface area contributed by atoms with Crippen molar-refractivity contribution >= 4 is 29.1 Å². The van der Waals surface area contributed by atoms with E-state index in [0.717, 1.165) is 17.2 Å². The number of allylic oxidation sites excluding steroid dienone is 2. The van der Waals surface area contributed by atoms with Gasteiger partial charge in [0.15, 0.2) is 0 Å². The van der Waals surface area contributed by atoms with E-state index in [-0.39, 0.29) is 6.04 Å². The number of anilines is 1. The summed E-state index contributed by atoms with van der Waals surface area (Å²) in [4.78, 5) is 1.32. The maximum Gasteiger partial charge on any atom is 0.0568 e. The molecule has 1 aliphatic carbocycles. The van der Waals surface area contributed by atoms with E-state index in [1.165, 1.54) is 32.8 Å². The first kappa shape index (κ1) is 18.8. The number of halogens is 1. The maximum absolute atomic E-state index is 6.58. The van der Waals surface area contributed by atoms with Gasteiger partial charge >= 0.3 is 0 Å². The zero-order chi connectivity index (χ0) is 19.8. The van der Waals surface area contributed by atoms with Gasteiger partial charge < -0.3 is 5.32 Å². The van der Waals surface area contributed by atoms with Gasteiger partial charge in [-0.15, -0.1) is 11.8 Å². The van der Waals surface area contributed by atoms with Crippen molar-refractivity contribution in [2.75, 3.05) is 5.32 Å². The Morgan fingerprint density at radius 2 is 1.79 bits per heavy atom. The van der Waals surface area contributed by atoms with Crippen molar-refractivity contribution < 1.29 is 0 Å². The third-order valence-electron chi connectivity index (χ3n) is 6.11. The second kappa shape index (κ2) is 7.93. The topological polar surface area (TPSA) is 12.0 Å². The van der Waals surface area contributed by atoms with Crippen LogP contribution in [0.5, 0.6) is 0 Å². The van der Waals surface area contributed by atoms with Gasteiger partial charge in [0.2, 0.25) is 0 Å². The fourth-order valence-electron chi connectivity index (χ4n) is 4.77. The number of rotatable bonds is 4. The molecule has 0 fully saturated rings. The quantitative estimate of drug-likeness (QED) is 0.343. The van der Waals surface area contributed by atoms with E-state index in [9.17, 15) is 0 Å². The highest BCUT2D eigenvalue weighted by atomic mass is 35.5. The predicted molar refractivity (Wildman–Crippen MR) is 125 cm³/mol. The third kappa shape index (κ3) is 3.60. The number of hydrogen-bond acceptors (Lipinski definition) is 2. The molecule has 2 aliphatic rings. The number of fused-ring (bicyclic) bond motifs is 3. The predicted octanol–water partition coefficient (Wildman–Crippen LogP) is 7.77. The summed E-state index contributed by atoms with van der Waals surface area (Å²) in [6.45, 7) is 2.23. The molecule has 0 radical (unpaired) electrons. The first-order valence-electron chi connectivity index (χ1n) is 10.2. The zero-order valence-corrected chi connectivity index (χ0v) is 18.0. The molecular formula is C26H24ClNS. The number of benzene rings is 3. The maximum atomic E-state index is 6.58. The van der Waals surface area contributed by atoms with Crippen LogP contribution in [0.4, 0.5) is 5.69 Å². The van der Waals surface area contributed by atoms with Gasteiger partial charge in [0, 0.05) is 27.3 Å². The summed E-state index contributed by atoms with van der Waals surface area (Å²) in [6, 6.07) is 23.9. The largest absolute Gasteiger partial charge is 0.377 e. The lowest BCUT2D eigenvalue weighted by atomic mass is 9.76. The summed E-state index contributed by atoms with van der Waals surface area (Å²) in [5, 5.41) is 4.72. The Balaban J connectivity index is 1.48. The van der Waals surface area contributed by atoms with E-state index in [4.69, 9.17) is 11.6 Å². The Bertz CT molecular complexity index is 1060. The van der Waals surface area contributed by atoms with Gasteiger partial charge in [-0.05, 0) is 59.7 Å². The number of aryl methyl sites for hydroxylation is 1. The number of thioether (sulfide) groups is 1. The van der Waals surface area contributed by atoms with E-state index < -0.39 is 0 Å². The van der Waals surface area contributed by atoms with Crippen molar-refractivity contribution in [3.63, 3.8) is 0 Å². The molecule has 0 unspecified atom stereocenters. The smallest absolute Gasteiger partial charge is 0.0568 e. The molecule has 3 aromatic rings. The molecule has 0 spiro atoms. The molecule has 3 heteroatoms. The summed E-state index contributed by atoms with van der Waals surface area (Å²) < 4.78 is 0. The molecule has 0 amide bonds. The minimum Gasteiger partial charge on any atom is -0.377 e. The first-order chi connectivity index (χ1) is 14.2. The Labute approximate surface area is 182 Å². The summed E-state index contributed by atoms with van der Waals surface area (Å²) >= 11 is 8.48. The van der Waals surface area contributed by atoms with E-state index >= 15 is 0 Å². The molecule has 3 atom stereocenters. The average molecular weight is 418 g/mol. The lowest BCUT2D eigenvalue weighted by Crippen LogP contribution is -2.30. The van der Waals surface area contributed by atoms with Crippen LogP contribution in [0, 0.1) is 12.8 Å². The van der Waals surface area contributed by atoms with Crippen molar-refractivity contribution in [1.29, 1.82) is 0 Å². The lowest BCUT2D eigenvalue weighted by molar-refractivity contribution is 0.425. The monoisotopic (exact) mass is 417 g/mol. The molecule has 146 valence electrons. The fourth-order valence-corrected chi connectivity index (χ4v) is 5.87. The van der Waals surface area contributed by atoms with Gasteiger partial charge in [0.1, 0.15) is 0 Å². The third-order valence-corrected chi connectivity index (χ3v) is 7.54. The highest BCUT2D eigenvalue weighted by molar-refractivity contribution is 7.98. The Hall–Kier alpha value is -2.16. The van der Waals surface area contributed by atoms with Crippen molar-refractivity contribution in [2.45, 2.75) is 36.0 Å². The first-order valence-corrected chi connectivity index (χ1v) is 11.6. The van der Waals surface area contributed by atoms with E-state index in [1.54, 1.807) is 0 Å². The van der Waals surface area contributed by atoms with Crippen LogP contribution in [0.25, 0.3) is 0 Å². The van der Waals surface area contributed by atoms with Crippen LogP contribution in [-0.4, -0.2) is 0 Å². The number of hydrogen-bond donors (Lipinski definition) is 1. The van der Waals surface area contributed by atoms with Gasteiger partial charge in [-0.1, -0.05) is 72.3 Å². The molecule has 1 N–H and O–H groups in total. The summed E-state index contributed by atoms with van der Waals surface area (Å²) in [7, 11) is 0. The normalized spacial score (nSPS) is 22.1.